The fourth-order valence-electron chi connectivity index (χ4n) is 2.36. The molecule has 0 amide bonds. The van der Waals surface area contributed by atoms with Gasteiger partial charge < -0.3 is 10.7 Å². The monoisotopic (exact) mass is 286 g/mol. The van der Waals surface area contributed by atoms with Gasteiger partial charge in [0.25, 0.3) is 0 Å². The van der Waals surface area contributed by atoms with Crippen molar-refractivity contribution in [1.29, 1.82) is 0 Å². The van der Waals surface area contributed by atoms with Crippen LogP contribution in [0.15, 0.2) is 36.7 Å². The third-order valence-electron chi connectivity index (χ3n) is 3.48. The van der Waals surface area contributed by atoms with Gasteiger partial charge in [-0.2, -0.15) is 0 Å². The highest BCUT2D eigenvalue weighted by atomic mass is 16.6. The lowest BCUT2D eigenvalue weighted by Gasteiger charge is -2.08. The van der Waals surface area contributed by atoms with E-state index in [4.69, 9.17) is 5.84 Å². The number of nitrogens with zero attached hydrogens (tertiary/aromatic N) is 3. The zero-order chi connectivity index (χ0) is 14.8. The molecule has 2 aromatic rings. The Bertz CT molecular complexity index is 663. The van der Waals surface area contributed by atoms with Crippen LogP contribution in [-0.2, 0) is 0 Å². The minimum Gasteiger partial charge on any atom is -0.361 e. The number of nitrogens with one attached hydrogen (secondary N) is 2. The summed E-state index contributed by atoms with van der Waals surface area (Å²) in [6, 6.07) is 10.2. The zero-order valence-electron chi connectivity index (χ0n) is 11.1. The van der Waals surface area contributed by atoms with Gasteiger partial charge in [0.05, 0.1) is 4.92 Å². The van der Waals surface area contributed by atoms with E-state index in [1.807, 2.05) is 30.3 Å². The highest BCUT2D eigenvalue weighted by molar-refractivity contribution is 5.69. The summed E-state index contributed by atoms with van der Waals surface area (Å²) in [5, 5.41) is 14.2. The Balaban J connectivity index is 1.79. The summed E-state index contributed by atoms with van der Waals surface area (Å²) in [7, 11) is 0. The first-order valence-electron chi connectivity index (χ1n) is 6.48. The van der Waals surface area contributed by atoms with Crippen LogP contribution >= 0.6 is 0 Å². The molecule has 1 heterocycles. The molecule has 1 aliphatic carbocycles. The molecule has 8 heteroatoms. The molecule has 3 rings (SSSR count). The van der Waals surface area contributed by atoms with E-state index in [9.17, 15) is 10.1 Å². The van der Waals surface area contributed by atoms with Gasteiger partial charge in [0, 0.05) is 12.0 Å². The SMILES string of the molecule is NNc1ncnc(NC2CC2c2ccccc2)c1[N+](=O)[O-]. The predicted molar refractivity (Wildman–Crippen MR) is 77.7 cm³/mol. The fourth-order valence-corrected chi connectivity index (χ4v) is 2.36. The number of nitro groups is 1. The van der Waals surface area contributed by atoms with Crippen molar-refractivity contribution in [2.24, 2.45) is 5.84 Å². The van der Waals surface area contributed by atoms with Crippen molar-refractivity contribution in [3.8, 4) is 0 Å². The second-order valence-electron chi connectivity index (χ2n) is 4.82. The topological polar surface area (TPSA) is 119 Å². The number of hydrazine groups is 1. The molecule has 0 aliphatic heterocycles. The van der Waals surface area contributed by atoms with Crippen molar-refractivity contribution in [3.05, 3.63) is 52.3 Å². The number of anilines is 2. The van der Waals surface area contributed by atoms with Gasteiger partial charge in [-0.15, -0.1) is 0 Å². The van der Waals surface area contributed by atoms with Crippen LogP contribution in [0.25, 0.3) is 0 Å². The van der Waals surface area contributed by atoms with Crippen LogP contribution in [-0.4, -0.2) is 20.9 Å². The fraction of sp³-hybridized carbons (Fsp3) is 0.231. The molecule has 1 fully saturated rings. The Morgan fingerprint density at radius 2 is 1.95 bits per heavy atom. The molecule has 1 saturated carbocycles. The van der Waals surface area contributed by atoms with Gasteiger partial charge in [0.2, 0.25) is 11.6 Å². The van der Waals surface area contributed by atoms with E-state index in [1.165, 1.54) is 11.9 Å². The summed E-state index contributed by atoms with van der Waals surface area (Å²) in [5.41, 5.74) is 3.20. The molecule has 1 aromatic heterocycles. The predicted octanol–water partition coefficient (Wildman–Crippen LogP) is 1.64. The summed E-state index contributed by atoms with van der Waals surface area (Å²) in [4.78, 5) is 18.3. The van der Waals surface area contributed by atoms with Gasteiger partial charge in [0.15, 0.2) is 0 Å². The van der Waals surface area contributed by atoms with Crippen molar-refractivity contribution in [3.63, 3.8) is 0 Å². The van der Waals surface area contributed by atoms with Crippen molar-refractivity contribution in [2.75, 3.05) is 10.7 Å². The maximum absolute atomic E-state index is 11.1. The van der Waals surface area contributed by atoms with Crippen molar-refractivity contribution in [1.82, 2.24) is 9.97 Å². The van der Waals surface area contributed by atoms with Gasteiger partial charge in [-0.1, -0.05) is 30.3 Å². The van der Waals surface area contributed by atoms with Gasteiger partial charge >= 0.3 is 5.69 Å². The standard InChI is InChI=1S/C13H14N6O2/c14-18-13-11(19(20)21)12(15-7-16-13)17-10-6-9(10)8-4-2-1-3-5-8/h1-5,7,9-10H,6,14H2,(H2,15,16,17,18). The normalized spacial score (nSPS) is 19.9. The third-order valence-corrected chi connectivity index (χ3v) is 3.48. The minimum absolute atomic E-state index is 0.00517. The van der Waals surface area contributed by atoms with Gasteiger partial charge in [-0.25, -0.2) is 15.8 Å². The molecule has 1 aliphatic rings. The van der Waals surface area contributed by atoms with Gasteiger partial charge in [-0.05, 0) is 12.0 Å². The highest BCUT2D eigenvalue weighted by Gasteiger charge is 2.40. The van der Waals surface area contributed by atoms with Gasteiger partial charge in [0.1, 0.15) is 6.33 Å². The lowest BCUT2D eigenvalue weighted by molar-refractivity contribution is -0.383. The van der Waals surface area contributed by atoms with E-state index in [2.05, 4.69) is 20.7 Å². The van der Waals surface area contributed by atoms with E-state index in [0.29, 0.717) is 5.92 Å². The van der Waals surface area contributed by atoms with E-state index in [-0.39, 0.29) is 23.4 Å². The average Bonchev–Trinajstić information content (AvgIpc) is 3.26. The molecule has 8 nitrogen and oxygen atoms in total. The molecule has 2 atom stereocenters. The number of nitrogens with two attached hydrogens (primary N) is 1. The molecule has 0 saturated heterocycles. The van der Waals surface area contributed by atoms with E-state index in [1.54, 1.807) is 0 Å². The zero-order valence-corrected chi connectivity index (χ0v) is 11.1. The first-order valence-corrected chi connectivity index (χ1v) is 6.48. The molecule has 21 heavy (non-hydrogen) atoms. The van der Waals surface area contributed by atoms with E-state index in [0.717, 1.165) is 6.42 Å². The summed E-state index contributed by atoms with van der Waals surface area (Å²) in [6.45, 7) is 0. The van der Waals surface area contributed by atoms with Crippen LogP contribution in [0.3, 0.4) is 0 Å². The van der Waals surface area contributed by atoms with E-state index >= 15 is 0 Å². The van der Waals surface area contributed by atoms with Crippen LogP contribution in [0.2, 0.25) is 0 Å². The highest BCUT2D eigenvalue weighted by Crippen LogP contribution is 2.43. The van der Waals surface area contributed by atoms with Crippen LogP contribution in [0.1, 0.15) is 17.9 Å². The number of hydrogen-bond acceptors (Lipinski definition) is 7. The van der Waals surface area contributed by atoms with Crippen LogP contribution in [0.4, 0.5) is 17.3 Å². The maximum atomic E-state index is 11.1. The Morgan fingerprint density at radius 3 is 2.62 bits per heavy atom. The minimum atomic E-state index is -0.544. The Kier molecular flexibility index (Phi) is 3.36. The van der Waals surface area contributed by atoms with Crippen molar-refractivity contribution < 1.29 is 4.92 Å². The van der Waals surface area contributed by atoms with Crippen LogP contribution < -0.4 is 16.6 Å². The molecular weight excluding hydrogens is 272 g/mol. The number of aromatic nitrogens is 2. The third kappa shape index (κ3) is 2.61. The molecule has 0 bridgehead atoms. The lowest BCUT2D eigenvalue weighted by Crippen LogP contribution is -2.14. The first kappa shape index (κ1) is 13.3. The smallest absolute Gasteiger partial charge is 0.354 e. The van der Waals surface area contributed by atoms with E-state index < -0.39 is 4.92 Å². The molecule has 1 aromatic carbocycles. The summed E-state index contributed by atoms with van der Waals surface area (Å²) in [5.74, 6) is 5.77. The van der Waals surface area contributed by atoms with Crippen LogP contribution in [0, 0.1) is 10.1 Å². The Morgan fingerprint density at radius 1 is 1.24 bits per heavy atom. The number of hydrogen-bond donors (Lipinski definition) is 3. The second kappa shape index (κ2) is 5.33. The summed E-state index contributed by atoms with van der Waals surface area (Å²) >= 11 is 0. The summed E-state index contributed by atoms with van der Waals surface area (Å²) in [6.07, 6.45) is 2.15. The largest absolute Gasteiger partial charge is 0.361 e. The van der Waals surface area contributed by atoms with Crippen molar-refractivity contribution in [2.45, 2.75) is 18.4 Å². The molecule has 0 spiro atoms. The summed E-state index contributed by atoms with van der Waals surface area (Å²) < 4.78 is 0. The molecule has 0 radical (unpaired) electrons. The number of rotatable bonds is 5. The second-order valence-corrected chi connectivity index (χ2v) is 4.82. The Hall–Kier alpha value is -2.74. The van der Waals surface area contributed by atoms with Gasteiger partial charge in [-0.3, -0.25) is 10.1 Å². The molecule has 108 valence electrons. The Labute approximate surface area is 120 Å². The quantitative estimate of drug-likeness (QED) is 0.434. The number of nitrogen functional groups attached to an aromatic ring is 1. The average molecular weight is 286 g/mol. The first-order chi connectivity index (χ1) is 10.2. The molecular formula is C13H14N6O2. The van der Waals surface area contributed by atoms with Crippen molar-refractivity contribution >= 4 is 17.3 Å². The molecule has 2 unspecified atom stereocenters. The lowest BCUT2D eigenvalue weighted by atomic mass is 10.1. The van der Waals surface area contributed by atoms with Crippen LogP contribution in [0.5, 0.6) is 0 Å². The number of benzene rings is 1. The molecule has 4 N–H and O–H groups in total. The maximum Gasteiger partial charge on any atom is 0.354 e.